The van der Waals surface area contributed by atoms with E-state index in [9.17, 15) is 14.0 Å². The van der Waals surface area contributed by atoms with Crippen molar-refractivity contribution >= 4 is 16.8 Å². The minimum atomic E-state index is -0.538. The van der Waals surface area contributed by atoms with Gasteiger partial charge in [-0.25, -0.2) is 9.07 Å². The molecular formula is C14H12ClFN2O2. The summed E-state index contributed by atoms with van der Waals surface area (Å²) in [5.41, 5.74) is 0.672. The molecule has 6 heteroatoms. The minimum absolute atomic E-state index is 0.0180. The first-order chi connectivity index (χ1) is 9.49. The second-order valence-corrected chi connectivity index (χ2v) is 4.74. The summed E-state index contributed by atoms with van der Waals surface area (Å²) in [7, 11) is 0. The van der Waals surface area contributed by atoms with E-state index in [-0.39, 0.29) is 29.7 Å². The van der Waals surface area contributed by atoms with Gasteiger partial charge in [-0.3, -0.25) is 9.59 Å². The van der Waals surface area contributed by atoms with E-state index in [0.29, 0.717) is 5.69 Å². The molecule has 2 rings (SSSR count). The average Bonchev–Trinajstić information content (AvgIpc) is 2.39. The van der Waals surface area contributed by atoms with E-state index in [1.807, 2.05) is 0 Å². The molecule has 0 aliphatic heterocycles. The number of rotatable bonds is 4. The number of halogens is 2. The minimum Gasteiger partial charge on any atom is -0.288 e. The Morgan fingerprint density at radius 1 is 1.40 bits per heavy atom. The van der Waals surface area contributed by atoms with Crippen molar-refractivity contribution in [3.63, 3.8) is 0 Å². The molecule has 1 aromatic heterocycles. The van der Waals surface area contributed by atoms with Crippen LogP contribution in [0, 0.1) is 12.7 Å². The van der Waals surface area contributed by atoms with Gasteiger partial charge in [-0.1, -0.05) is 12.1 Å². The molecule has 1 aromatic carbocycles. The molecule has 0 N–H and O–H groups in total. The molecule has 0 unspecified atom stereocenters. The summed E-state index contributed by atoms with van der Waals surface area (Å²) in [6.07, 6.45) is 0.153. The normalized spacial score (nSPS) is 10.6. The summed E-state index contributed by atoms with van der Waals surface area (Å²) in [4.78, 5) is 22.6. The Balaban J connectivity index is 2.49. The number of nitrogens with zero attached hydrogens (tertiary/aromatic N) is 2. The highest BCUT2D eigenvalue weighted by Crippen LogP contribution is 2.13. The van der Waals surface area contributed by atoms with Crippen molar-refractivity contribution in [2.75, 3.05) is 0 Å². The maximum atomic E-state index is 13.8. The molecule has 0 saturated carbocycles. The first-order valence-corrected chi connectivity index (χ1v) is 6.40. The lowest BCUT2D eigenvalue weighted by Gasteiger charge is -2.11. The summed E-state index contributed by atoms with van der Waals surface area (Å²) in [5, 5.41) is 3.59. The van der Waals surface area contributed by atoms with E-state index in [1.54, 1.807) is 25.1 Å². The van der Waals surface area contributed by atoms with Crippen LogP contribution in [0.2, 0.25) is 0 Å². The molecule has 104 valence electrons. The third-order valence-electron chi connectivity index (χ3n) is 2.82. The van der Waals surface area contributed by atoms with Gasteiger partial charge >= 0.3 is 0 Å². The third kappa shape index (κ3) is 3.11. The number of para-hydroxylation sites is 1. The van der Waals surface area contributed by atoms with Crippen molar-refractivity contribution in [2.45, 2.75) is 19.8 Å². The molecule has 4 nitrogen and oxygen atoms in total. The van der Waals surface area contributed by atoms with Crippen LogP contribution in [-0.2, 0) is 11.2 Å². The van der Waals surface area contributed by atoms with Crippen LogP contribution in [0.15, 0.2) is 35.1 Å². The predicted octanol–water partition coefficient (Wildman–Crippen LogP) is 2.38. The standard InChI is InChI=1S/C14H12ClFN2O2/c1-9-8-13(19)11(6-7-14(15)20)17-18(9)12-5-3-2-4-10(12)16/h2-5,8H,6-7H2,1H3. The van der Waals surface area contributed by atoms with Crippen LogP contribution < -0.4 is 5.43 Å². The molecule has 0 radical (unpaired) electrons. The van der Waals surface area contributed by atoms with Gasteiger partial charge in [-0.15, -0.1) is 0 Å². The second kappa shape index (κ2) is 5.96. The maximum Gasteiger partial charge on any atom is 0.222 e. The molecule has 1 heterocycles. The Bertz CT molecular complexity index is 713. The van der Waals surface area contributed by atoms with Crippen LogP contribution >= 0.6 is 11.6 Å². The third-order valence-corrected chi connectivity index (χ3v) is 3.01. The summed E-state index contributed by atoms with van der Waals surface area (Å²) in [6, 6.07) is 7.50. The van der Waals surface area contributed by atoms with E-state index in [2.05, 4.69) is 5.10 Å². The van der Waals surface area contributed by atoms with Gasteiger partial charge in [-0.05, 0) is 30.7 Å². The topological polar surface area (TPSA) is 52.0 Å². The van der Waals surface area contributed by atoms with E-state index < -0.39 is 11.1 Å². The second-order valence-electron chi connectivity index (χ2n) is 4.31. The fraction of sp³-hybridized carbons (Fsp3) is 0.214. The van der Waals surface area contributed by atoms with E-state index >= 15 is 0 Å². The van der Waals surface area contributed by atoms with Crippen molar-refractivity contribution in [2.24, 2.45) is 0 Å². The van der Waals surface area contributed by atoms with Crippen LogP contribution in [0.4, 0.5) is 4.39 Å². The van der Waals surface area contributed by atoms with Gasteiger partial charge < -0.3 is 0 Å². The fourth-order valence-corrected chi connectivity index (χ4v) is 1.93. The summed E-state index contributed by atoms with van der Waals surface area (Å²) < 4.78 is 15.1. The molecule has 0 spiro atoms. The first kappa shape index (κ1) is 14.4. The lowest BCUT2D eigenvalue weighted by molar-refractivity contribution is -0.111. The summed E-state index contributed by atoms with van der Waals surface area (Å²) in [5.74, 6) is -0.439. The van der Waals surface area contributed by atoms with Gasteiger partial charge in [0.2, 0.25) is 10.7 Å². The zero-order valence-corrected chi connectivity index (χ0v) is 11.5. The van der Waals surface area contributed by atoms with Crippen molar-refractivity contribution in [3.8, 4) is 5.69 Å². The highest BCUT2D eigenvalue weighted by molar-refractivity contribution is 6.63. The SMILES string of the molecule is Cc1cc(=O)c(CCC(=O)Cl)nn1-c1ccccc1F. The van der Waals surface area contributed by atoms with Gasteiger partial charge in [0.15, 0.2) is 0 Å². The fourth-order valence-electron chi connectivity index (χ4n) is 1.84. The molecule has 0 aliphatic carbocycles. The first-order valence-electron chi connectivity index (χ1n) is 6.02. The summed E-state index contributed by atoms with van der Waals surface area (Å²) in [6.45, 7) is 1.66. The van der Waals surface area contributed by atoms with Crippen LogP contribution in [0.5, 0.6) is 0 Å². The highest BCUT2D eigenvalue weighted by Gasteiger charge is 2.11. The Morgan fingerprint density at radius 2 is 2.10 bits per heavy atom. The summed E-state index contributed by atoms with van der Waals surface area (Å²) >= 11 is 5.26. The molecule has 0 aliphatic rings. The van der Waals surface area contributed by atoms with E-state index in [1.165, 1.54) is 16.8 Å². The van der Waals surface area contributed by atoms with Crippen molar-refractivity contribution < 1.29 is 9.18 Å². The van der Waals surface area contributed by atoms with E-state index in [0.717, 1.165) is 0 Å². The molecular weight excluding hydrogens is 283 g/mol. The van der Waals surface area contributed by atoms with Gasteiger partial charge in [0.25, 0.3) is 0 Å². The molecule has 0 saturated heterocycles. The number of hydrogen-bond acceptors (Lipinski definition) is 3. The zero-order valence-electron chi connectivity index (χ0n) is 10.8. The molecule has 20 heavy (non-hydrogen) atoms. The molecule has 0 bridgehead atoms. The predicted molar refractivity (Wildman–Crippen MR) is 73.7 cm³/mol. The lowest BCUT2D eigenvalue weighted by Crippen LogP contribution is -2.19. The van der Waals surface area contributed by atoms with Crippen molar-refractivity contribution in [1.29, 1.82) is 0 Å². The van der Waals surface area contributed by atoms with Crippen molar-refractivity contribution in [3.05, 3.63) is 57.8 Å². The van der Waals surface area contributed by atoms with Crippen LogP contribution in [-0.4, -0.2) is 15.0 Å². The number of aromatic nitrogens is 2. The quantitative estimate of drug-likeness (QED) is 0.814. The van der Waals surface area contributed by atoms with Gasteiger partial charge in [-0.2, -0.15) is 5.10 Å². The van der Waals surface area contributed by atoms with Crippen LogP contribution in [0.3, 0.4) is 0 Å². The average molecular weight is 295 g/mol. The highest BCUT2D eigenvalue weighted by atomic mass is 35.5. The van der Waals surface area contributed by atoms with Gasteiger partial charge in [0, 0.05) is 24.6 Å². The number of carbonyl (C=O) groups excluding carboxylic acids is 1. The monoisotopic (exact) mass is 294 g/mol. The number of hydrogen-bond donors (Lipinski definition) is 0. The maximum absolute atomic E-state index is 13.8. The Hall–Kier alpha value is -2.01. The Labute approximate surface area is 119 Å². The molecule has 0 atom stereocenters. The molecule has 2 aromatic rings. The smallest absolute Gasteiger partial charge is 0.222 e. The zero-order chi connectivity index (χ0) is 14.7. The number of benzene rings is 1. The number of aryl methyl sites for hydroxylation is 2. The Kier molecular flexibility index (Phi) is 4.29. The van der Waals surface area contributed by atoms with Crippen LogP contribution in [0.1, 0.15) is 17.8 Å². The molecule has 0 fully saturated rings. The van der Waals surface area contributed by atoms with Gasteiger partial charge in [0.05, 0.1) is 0 Å². The molecule has 0 amide bonds. The largest absolute Gasteiger partial charge is 0.288 e. The number of carbonyl (C=O) groups is 1. The van der Waals surface area contributed by atoms with Crippen molar-refractivity contribution in [1.82, 2.24) is 9.78 Å². The lowest BCUT2D eigenvalue weighted by atomic mass is 10.2. The Morgan fingerprint density at radius 3 is 2.75 bits per heavy atom. The van der Waals surface area contributed by atoms with E-state index in [4.69, 9.17) is 11.6 Å². The van der Waals surface area contributed by atoms with Gasteiger partial charge in [0.1, 0.15) is 17.2 Å². The van der Waals surface area contributed by atoms with Crippen LogP contribution in [0.25, 0.3) is 5.69 Å².